The summed E-state index contributed by atoms with van der Waals surface area (Å²) in [6.07, 6.45) is 11.2. The van der Waals surface area contributed by atoms with Crippen molar-refractivity contribution in [1.82, 2.24) is 14.5 Å². The Labute approximate surface area is 132 Å². The lowest BCUT2D eigenvalue weighted by Crippen LogP contribution is -2.41. The van der Waals surface area contributed by atoms with Crippen LogP contribution in [0.15, 0.2) is 12.4 Å². The molecule has 22 heavy (non-hydrogen) atoms. The number of rotatable bonds is 5. The Morgan fingerprint density at radius 2 is 2.32 bits per heavy atom. The zero-order valence-corrected chi connectivity index (χ0v) is 13.5. The summed E-state index contributed by atoms with van der Waals surface area (Å²) in [6.45, 7) is 4.72. The van der Waals surface area contributed by atoms with Crippen molar-refractivity contribution < 1.29 is 9.53 Å². The summed E-state index contributed by atoms with van der Waals surface area (Å²) < 4.78 is 7.88. The standard InChI is InChI=1S/C17H27N3O2/c1-2-16-18-9-11-20(16)14-5-3-10-19(13-14)17(21)8-7-15-6-4-12-22-15/h9,11,14-15H,2-8,10,12-13H2,1H3/t14-,15-/m0/s1. The van der Waals surface area contributed by atoms with Crippen molar-refractivity contribution in [3.8, 4) is 0 Å². The molecule has 1 amide bonds. The summed E-state index contributed by atoms with van der Waals surface area (Å²) in [6, 6.07) is 0.387. The van der Waals surface area contributed by atoms with Gasteiger partial charge in [-0.15, -0.1) is 0 Å². The molecule has 0 radical (unpaired) electrons. The van der Waals surface area contributed by atoms with Crippen molar-refractivity contribution in [1.29, 1.82) is 0 Å². The molecule has 0 unspecified atom stereocenters. The van der Waals surface area contributed by atoms with Gasteiger partial charge in [-0.2, -0.15) is 0 Å². The number of ether oxygens (including phenoxy) is 1. The summed E-state index contributed by atoms with van der Waals surface area (Å²) in [7, 11) is 0. The number of hydrogen-bond donors (Lipinski definition) is 0. The van der Waals surface area contributed by atoms with E-state index in [1.54, 1.807) is 0 Å². The molecule has 0 bridgehead atoms. The third-order valence-corrected chi connectivity index (χ3v) is 4.91. The normalized spacial score (nSPS) is 25.6. The molecule has 122 valence electrons. The first kappa shape index (κ1) is 15.5. The summed E-state index contributed by atoms with van der Waals surface area (Å²) in [4.78, 5) is 18.9. The van der Waals surface area contributed by atoms with Gasteiger partial charge in [0, 0.05) is 44.9 Å². The van der Waals surface area contributed by atoms with Crippen LogP contribution in [-0.2, 0) is 16.0 Å². The molecule has 0 aromatic carbocycles. The molecule has 2 saturated heterocycles. The van der Waals surface area contributed by atoms with Crippen molar-refractivity contribution in [3.05, 3.63) is 18.2 Å². The van der Waals surface area contributed by atoms with Crippen molar-refractivity contribution in [2.24, 2.45) is 0 Å². The quantitative estimate of drug-likeness (QED) is 0.840. The Hall–Kier alpha value is -1.36. The highest BCUT2D eigenvalue weighted by Crippen LogP contribution is 2.24. The Kier molecular flexibility index (Phi) is 5.13. The molecule has 1 aromatic rings. The van der Waals surface area contributed by atoms with E-state index in [0.29, 0.717) is 24.5 Å². The fourth-order valence-corrected chi connectivity index (χ4v) is 3.67. The van der Waals surface area contributed by atoms with Crippen molar-refractivity contribution in [2.45, 2.75) is 64.0 Å². The van der Waals surface area contributed by atoms with E-state index in [1.165, 1.54) is 0 Å². The van der Waals surface area contributed by atoms with E-state index in [4.69, 9.17) is 4.74 Å². The largest absolute Gasteiger partial charge is 0.378 e. The number of piperidine rings is 1. The molecule has 2 aliphatic heterocycles. The number of aryl methyl sites for hydroxylation is 1. The molecule has 0 saturated carbocycles. The predicted octanol–water partition coefficient (Wildman–Crippen LogP) is 2.57. The van der Waals surface area contributed by atoms with Crippen LogP contribution in [0.1, 0.15) is 57.3 Å². The lowest BCUT2D eigenvalue weighted by Gasteiger charge is -2.34. The number of amides is 1. The van der Waals surface area contributed by atoms with Gasteiger partial charge < -0.3 is 14.2 Å². The molecule has 3 heterocycles. The first-order chi connectivity index (χ1) is 10.8. The summed E-state index contributed by atoms with van der Waals surface area (Å²) in [5.41, 5.74) is 0. The third kappa shape index (κ3) is 3.51. The number of likely N-dealkylation sites (tertiary alicyclic amines) is 1. The Morgan fingerprint density at radius 3 is 3.09 bits per heavy atom. The van der Waals surface area contributed by atoms with Crippen LogP contribution >= 0.6 is 0 Å². The molecule has 5 heteroatoms. The van der Waals surface area contributed by atoms with Gasteiger partial charge in [-0.05, 0) is 32.1 Å². The minimum absolute atomic E-state index is 0.290. The van der Waals surface area contributed by atoms with Crippen LogP contribution in [-0.4, -0.2) is 46.2 Å². The molecular weight excluding hydrogens is 278 g/mol. The molecular formula is C17H27N3O2. The molecule has 0 aliphatic carbocycles. The van der Waals surface area contributed by atoms with Crippen molar-refractivity contribution in [2.75, 3.05) is 19.7 Å². The Morgan fingerprint density at radius 1 is 1.41 bits per heavy atom. The van der Waals surface area contributed by atoms with Gasteiger partial charge in [0.1, 0.15) is 5.82 Å². The van der Waals surface area contributed by atoms with E-state index in [2.05, 4.69) is 22.7 Å². The molecule has 2 aliphatic rings. The van der Waals surface area contributed by atoms with Gasteiger partial charge in [-0.1, -0.05) is 6.92 Å². The number of carbonyl (C=O) groups excluding carboxylic acids is 1. The summed E-state index contributed by atoms with van der Waals surface area (Å²) >= 11 is 0. The fourth-order valence-electron chi connectivity index (χ4n) is 3.67. The van der Waals surface area contributed by atoms with Crippen LogP contribution in [0, 0.1) is 0 Å². The number of aromatic nitrogens is 2. The van der Waals surface area contributed by atoms with Gasteiger partial charge in [-0.25, -0.2) is 4.98 Å². The smallest absolute Gasteiger partial charge is 0.222 e. The number of hydrogen-bond acceptors (Lipinski definition) is 3. The highest BCUT2D eigenvalue weighted by Gasteiger charge is 2.26. The van der Waals surface area contributed by atoms with Crippen molar-refractivity contribution in [3.63, 3.8) is 0 Å². The lowest BCUT2D eigenvalue weighted by molar-refractivity contribution is -0.133. The first-order valence-corrected chi connectivity index (χ1v) is 8.69. The van der Waals surface area contributed by atoms with Crippen LogP contribution in [0.3, 0.4) is 0 Å². The molecule has 2 fully saturated rings. The van der Waals surface area contributed by atoms with Crippen LogP contribution < -0.4 is 0 Å². The average molecular weight is 305 g/mol. The maximum atomic E-state index is 12.5. The fraction of sp³-hybridized carbons (Fsp3) is 0.765. The molecule has 0 N–H and O–H groups in total. The van der Waals surface area contributed by atoms with Crippen LogP contribution in [0.25, 0.3) is 0 Å². The van der Waals surface area contributed by atoms with E-state index in [-0.39, 0.29) is 0 Å². The van der Waals surface area contributed by atoms with Crippen LogP contribution in [0.2, 0.25) is 0 Å². The zero-order chi connectivity index (χ0) is 15.4. The van der Waals surface area contributed by atoms with E-state index in [1.807, 2.05) is 11.1 Å². The molecule has 0 spiro atoms. The highest BCUT2D eigenvalue weighted by atomic mass is 16.5. The third-order valence-electron chi connectivity index (χ3n) is 4.91. The highest BCUT2D eigenvalue weighted by molar-refractivity contribution is 5.76. The van der Waals surface area contributed by atoms with Crippen LogP contribution in [0.5, 0.6) is 0 Å². The molecule has 1 aromatic heterocycles. The van der Waals surface area contributed by atoms with E-state index in [9.17, 15) is 4.79 Å². The van der Waals surface area contributed by atoms with Gasteiger partial charge in [0.15, 0.2) is 0 Å². The predicted molar refractivity (Wildman–Crippen MR) is 84.7 cm³/mol. The molecule has 5 nitrogen and oxygen atoms in total. The summed E-state index contributed by atoms with van der Waals surface area (Å²) in [5, 5.41) is 0. The van der Waals surface area contributed by atoms with Gasteiger partial charge in [-0.3, -0.25) is 4.79 Å². The molecule has 3 rings (SSSR count). The topological polar surface area (TPSA) is 47.4 Å². The summed E-state index contributed by atoms with van der Waals surface area (Å²) in [5.74, 6) is 1.41. The maximum absolute atomic E-state index is 12.5. The van der Waals surface area contributed by atoms with Gasteiger partial charge >= 0.3 is 0 Å². The first-order valence-electron chi connectivity index (χ1n) is 8.69. The number of carbonyl (C=O) groups is 1. The second-order valence-electron chi connectivity index (χ2n) is 6.41. The Bertz CT molecular complexity index is 494. The Balaban J connectivity index is 1.54. The van der Waals surface area contributed by atoms with Crippen molar-refractivity contribution >= 4 is 5.91 Å². The average Bonchev–Trinajstić information content (AvgIpc) is 3.23. The van der Waals surface area contributed by atoms with Crippen LogP contribution in [0.4, 0.5) is 0 Å². The minimum Gasteiger partial charge on any atom is -0.378 e. The maximum Gasteiger partial charge on any atom is 0.222 e. The SMILES string of the molecule is CCc1nccn1[C@H]1CCCN(C(=O)CC[C@@H]2CCCO2)C1. The van der Waals surface area contributed by atoms with Gasteiger partial charge in [0.05, 0.1) is 12.1 Å². The second kappa shape index (κ2) is 7.27. The monoisotopic (exact) mass is 305 g/mol. The van der Waals surface area contributed by atoms with E-state index < -0.39 is 0 Å². The van der Waals surface area contributed by atoms with E-state index in [0.717, 1.165) is 64.0 Å². The molecule has 2 atom stereocenters. The van der Waals surface area contributed by atoms with E-state index >= 15 is 0 Å². The number of imidazole rings is 1. The second-order valence-corrected chi connectivity index (χ2v) is 6.41. The zero-order valence-electron chi connectivity index (χ0n) is 13.5. The van der Waals surface area contributed by atoms with Gasteiger partial charge in [0.2, 0.25) is 5.91 Å². The lowest BCUT2D eigenvalue weighted by atomic mass is 10.0. The van der Waals surface area contributed by atoms with Gasteiger partial charge in [0.25, 0.3) is 0 Å². The number of nitrogens with zero attached hydrogens (tertiary/aromatic N) is 3. The minimum atomic E-state index is 0.290.